The number of fused-ring (bicyclic) bond motifs is 2. The third-order valence-electron chi connectivity index (χ3n) is 13.3. The Morgan fingerprint density at radius 1 is 1.11 bits per heavy atom. The predicted octanol–water partition coefficient (Wildman–Crippen LogP) is 5.16. The van der Waals surface area contributed by atoms with Crippen molar-refractivity contribution < 1.29 is 24.2 Å². The Balaban J connectivity index is 1.66. The molecule has 8 fully saturated rings. The molecule has 1 N–H and O–H groups in total. The van der Waals surface area contributed by atoms with Gasteiger partial charge in [0.25, 0.3) is 0 Å². The van der Waals surface area contributed by atoms with E-state index in [4.69, 9.17) is 9.47 Å². The molecule has 3 aliphatic heterocycles. The standard InChI is InChI=1S/C31H42O5/c1-8-19-14-21-26(7)25(6,34)17-35-31-23(33)30(26,18(2)3)22(32)27(15-19)13-10-20-24(4,5)11-9-12-28(20,36-31)16-29(21,27)31/h8,14,18,20-21,34H,1,9-13,15-17H2,2-7H3/t20-,21+,25+,26-,27-,28-,29-,30+,31-/m0/s1. The predicted molar refractivity (Wildman–Crippen MR) is 135 cm³/mol. The van der Waals surface area contributed by atoms with E-state index in [-0.39, 0.29) is 41.3 Å². The maximum atomic E-state index is 15.4. The van der Waals surface area contributed by atoms with Crippen LogP contribution in [0.1, 0.15) is 86.5 Å². The lowest BCUT2D eigenvalue weighted by atomic mass is 9.24. The second-order valence-corrected chi connectivity index (χ2v) is 14.9. The zero-order valence-electron chi connectivity index (χ0n) is 22.8. The van der Waals surface area contributed by atoms with Crippen molar-refractivity contribution >= 4 is 11.6 Å². The van der Waals surface area contributed by atoms with Crippen molar-refractivity contribution in [2.24, 2.45) is 44.8 Å². The van der Waals surface area contributed by atoms with Gasteiger partial charge in [-0.2, -0.15) is 0 Å². The van der Waals surface area contributed by atoms with Gasteiger partial charge >= 0.3 is 0 Å². The summed E-state index contributed by atoms with van der Waals surface area (Å²) in [4.78, 5) is 30.5. The number of rotatable bonds is 2. The number of carbonyl (C=O) groups is 2. The summed E-state index contributed by atoms with van der Waals surface area (Å²) >= 11 is 0. The van der Waals surface area contributed by atoms with Crippen LogP contribution in [0.25, 0.3) is 0 Å². The molecule has 3 saturated heterocycles. The first-order chi connectivity index (χ1) is 16.7. The molecule has 0 radical (unpaired) electrons. The van der Waals surface area contributed by atoms with Crippen molar-refractivity contribution in [2.75, 3.05) is 6.61 Å². The minimum atomic E-state index is -1.49. The lowest BCUT2D eigenvalue weighted by Crippen LogP contribution is -2.87. The van der Waals surface area contributed by atoms with Crippen molar-refractivity contribution in [1.82, 2.24) is 0 Å². The lowest BCUT2D eigenvalue weighted by Gasteiger charge is -2.76. The average molecular weight is 495 g/mol. The van der Waals surface area contributed by atoms with E-state index in [1.807, 2.05) is 26.8 Å². The highest BCUT2D eigenvalue weighted by molar-refractivity contribution is 6.19. The molecule has 5 heteroatoms. The minimum absolute atomic E-state index is 0.00722. The van der Waals surface area contributed by atoms with Crippen LogP contribution in [0.15, 0.2) is 24.3 Å². The van der Waals surface area contributed by atoms with Crippen LogP contribution in [0.3, 0.4) is 0 Å². The first kappa shape index (κ1) is 23.8. The summed E-state index contributed by atoms with van der Waals surface area (Å²) in [5.74, 6) is -1.88. The van der Waals surface area contributed by atoms with E-state index in [9.17, 15) is 5.11 Å². The van der Waals surface area contributed by atoms with Crippen molar-refractivity contribution in [1.29, 1.82) is 0 Å². The van der Waals surface area contributed by atoms with E-state index in [1.54, 1.807) is 6.92 Å². The Labute approximate surface area is 215 Å². The molecule has 6 aliphatic carbocycles. The van der Waals surface area contributed by atoms with Gasteiger partial charge in [-0.25, -0.2) is 0 Å². The smallest absolute Gasteiger partial charge is 0.238 e. The Kier molecular flexibility index (Phi) is 4.05. The second kappa shape index (κ2) is 6.13. The van der Waals surface area contributed by atoms with Crippen LogP contribution in [-0.2, 0) is 19.1 Å². The molecule has 9 rings (SSSR count). The van der Waals surface area contributed by atoms with Gasteiger partial charge in [0.05, 0.1) is 23.2 Å². The second-order valence-electron chi connectivity index (χ2n) is 14.9. The molecule has 3 heterocycles. The van der Waals surface area contributed by atoms with Gasteiger partial charge in [-0.05, 0) is 68.6 Å². The molecule has 5 nitrogen and oxygen atoms in total. The van der Waals surface area contributed by atoms with Crippen LogP contribution in [0.2, 0.25) is 0 Å². The quantitative estimate of drug-likeness (QED) is 0.537. The third kappa shape index (κ3) is 1.87. The normalized spacial score (nSPS) is 57.8. The van der Waals surface area contributed by atoms with E-state index in [0.29, 0.717) is 12.8 Å². The molecule has 9 atom stereocenters. The fourth-order valence-electron chi connectivity index (χ4n) is 12.0. The molecule has 9 aliphatic rings. The van der Waals surface area contributed by atoms with Crippen molar-refractivity contribution in [3.8, 4) is 0 Å². The number of ketones is 2. The van der Waals surface area contributed by atoms with Crippen molar-refractivity contribution in [2.45, 2.75) is 103 Å². The molecular formula is C31H42O5. The van der Waals surface area contributed by atoms with Gasteiger partial charge in [-0.15, -0.1) is 0 Å². The lowest BCUT2D eigenvalue weighted by molar-refractivity contribution is -0.338. The van der Waals surface area contributed by atoms with Crippen LogP contribution in [0.4, 0.5) is 0 Å². The number of hydrogen-bond donors (Lipinski definition) is 1. The highest BCUT2D eigenvalue weighted by Crippen LogP contribution is 2.88. The van der Waals surface area contributed by atoms with Crippen LogP contribution in [0.5, 0.6) is 0 Å². The van der Waals surface area contributed by atoms with Crippen LogP contribution >= 0.6 is 0 Å². The fraction of sp³-hybridized carbons (Fsp3) is 0.806. The topological polar surface area (TPSA) is 72.8 Å². The third-order valence-corrected chi connectivity index (χ3v) is 13.3. The Morgan fingerprint density at radius 2 is 1.83 bits per heavy atom. The SMILES string of the molecule is C=CC1=C[C@@H]2[C@]3(C)[C@]4(C(C)C)C(=O)[C@]5(CC[C@H]6C(C)(C)CCC[C@]67C[C@]25[C@@](OC[C@@]3(C)O)(O7)C4=O)C1. The molecule has 0 aromatic heterocycles. The summed E-state index contributed by atoms with van der Waals surface area (Å²) in [6.45, 7) is 16.6. The van der Waals surface area contributed by atoms with Gasteiger partial charge in [-0.1, -0.05) is 65.3 Å². The maximum absolute atomic E-state index is 15.4. The number of Topliss-reactive ketones (excluding diaryl/α,β-unsaturated/α-hetero) is 2. The highest BCUT2D eigenvalue weighted by Gasteiger charge is 2.98. The van der Waals surface area contributed by atoms with E-state index in [1.165, 1.54) is 0 Å². The maximum Gasteiger partial charge on any atom is 0.238 e. The number of hydrogen-bond acceptors (Lipinski definition) is 5. The number of ether oxygens (including phenoxy) is 2. The number of allylic oxidation sites excluding steroid dienone is 3. The molecule has 196 valence electrons. The van der Waals surface area contributed by atoms with E-state index in [0.717, 1.165) is 37.7 Å². The van der Waals surface area contributed by atoms with Gasteiger partial charge in [0.15, 0.2) is 5.78 Å². The average Bonchev–Trinajstić information content (AvgIpc) is 2.94. The van der Waals surface area contributed by atoms with E-state index in [2.05, 4.69) is 26.5 Å². The fourth-order valence-corrected chi connectivity index (χ4v) is 12.0. The molecular weight excluding hydrogens is 452 g/mol. The van der Waals surface area contributed by atoms with Crippen LogP contribution < -0.4 is 0 Å². The summed E-state index contributed by atoms with van der Waals surface area (Å²) in [5.41, 5.74) is -4.70. The van der Waals surface area contributed by atoms with Gasteiger partial charge < -0.3 is 14.6 Å². The highest BCUT2D eigenvalue weighted by atomic mass is 16.7. The molecule has 36 heavy (non-hydrogen) atoms. The van der Waals surface area contributed by atoms with Crippen molar-refractivity contribution in [3.05, 3.63) is 24.3 Å². The number of aliphatic hydroxyl groups is 1. The largest absolute Gasteiger partial charge is 0.387 e. The monoisotopic (exact) mass is 494 g/mol. The van der Waals surface area contributed by atoms with Gasteiger partial charge in [0.1, 0.15) is 5.41 Å². The summed E-state index contributed by atoms with van der Waals surface area (Å²) in [6.07, 6.45) is 10.2. The Morgan fingerprint density at radius 3 is 2.50 bits per heavy atom. The van der Waals surface area contributed by atoms with Crippen LogP contribution in [-0.4, -0.2) is 40.3 Å². The van der Waals surface area contributed by atoms with Gasteiger partial charge in [0.2, 0.25) is 11.6 Å². The molecule has 0 aromatic rings. The summed E-state index contributed by atoms with van der Waals surface area (Å²) < 4.78 is 14.1. The molecule has 3 spiro atoms. The molecule has 7 bridgehead atoms. The van der Waals surface area contributed by atoms with Gasteiger partial charge in [0, 0.05) is 10.8 Å². The zero-order chi connectivity index (χ0) is 25.9. The Bertz CT molecular complexity index is 1160. The van der Waals surface area contributed by atoms with Crippen molar-refractivity contribution in [3.63, 3.8) is 0 Å². The Hall–Kier alpha value is -1.30. The van der Waals surface area contributed by atoms with Crippen LogP contribution in [0, 0.1) is 44.8 Å². The minimum Gasteiger partial charge on any atom is -0.387 e. The first-order valence-electron chi connectivity index (χ1n) is 14.2. The summed E-state index contributed by atoms with van der Waals surface area (Å²) in [7, 11) is 0. The molecule has 0 unspecified atom stereocenters. The first-order valence-corrected chi connectivity index (χ1v) is 14.2. The van der Waals surface area contributed by atoms with Gasteiger partial charge in [-0.3, -0.25) is 9.59 Å². The number of carbonyl (C=O) groups excluding carboxylic acids is 2. The summed E-state index contributed by atoms with van der Waals surface area (Å²) in [6, 6.07) is 0. The van der Waals surface area contributed by atoms with E-state index < -0.39 is 38.6 Å². The molecule has 0 aromatic carbocycles. The zero-order valence-corrected chi connectivity index (χ0v) is 22.8. The molecule has 0 amide bonds. The molecule has 5 saturated carbocycles. The van der Waals surface area contributed by atoms with E-state index >= 15 is 9.59 Å². The summed E-state index contributed by atoms with van der Waals surface area (Å²) in [5, 5.41) is 12.2.